The van der Waals surface area contributed by atoms with Crippen molar-refractivity contribution in [3.8, 4) is 0 Å². The first-order chi connectivity index (χ1) is 9.73. The van der Waals surface area contributed by atoms with E-state index in [1.54, 1.807) is 0 Å². The molecule has 2 rings (SSSR count). The highest BCUT2D eigenvalue weighted by molar-refractivity contribution is 7.89. The van der Waals surface area contributed by atoms with Gasteiger partial charge in [-0.3, -0.25) is 0 Å². The van der Waals surface area contributed by atoms with E-state index in [4.69, 9.17) is 28.9 Å². The standard InChI is InChI=1S/C13H17Cl2FN2O2S.ClH/c14-10-6-9(16)7-11(15)12(10)21(19,20)18-8-13(17)4-2-1-3-5-13;/h6-7,18H,1-5,8,17H2;1H. The van der Waals surface area contributed by atoms with Crippen LogP contribution in [0.2, 0.25) is 10.0 Å². The van der Waals surface area contributed by atoms with E-state index in [1.807, 2.05) is 0 Å². The van der Waals surface area contributed by atoms with Crippen molar-refractivity contribution in [3.63, 3.8) is 0 Å². The van der Waals surface area contributed by atoms with Crippen LogP contribution in [0.3, 0.4) is 0 Å². The van der Waals surface area contributed by atoms with Gasteiger partial charge in [-0.25, -0.2) is 17.5 Å². The lowest BCUT2D eigenvalue weighted by atomic mass is 9.83. The second-order valence-electron chi connectivity index (χ2n) is 5.45. The van der Waals surface area contributed by atoms with E-state index in [1.165, 1.54) is 0 Å². The van der Waals surface area contributed by atoms with Gasteiger partial charge in [0.05, 0.1) is 10.0 Å². The van der Waals surface area contributed by atoms with Gasteiger partial charge in [0.1, 0.15) is 10.7 Å². The molecular formula is C13H18Cl3FN2O2S. The molecule has 0 aromatic heterocycles. The van der Waals surface area contributed by atoms with Crippen molar-refractivity contribution in [1.82, 2.24) is 4.72 Å². The molecule has 0 radical (unpaired) electrons. The van der Waals surface area contributed by atoms with E-state index in [-0.39, 0.29) is 33.9 Å². The van der Waals surface area contributed by atoms with Crippen LogP contribution in [-0.4, -0.2) is 20.5 Å². The van der Waals surface area contributed by atoms with Crippen LogP contribution >= 0.6 is 35.6 Å². The fraction of sp³-hybridized carbons (Fsp3) is 0.538. The summed E-state index contributed by atoms with van der Waals surface area (Å²) >= 11 is 11.6. The number of halogens is 4. The number of nitrogens with one attached hydrogen (secondary N) is 1. The lowest BCUT2D eigenvalue weighted by Crippen LogP contribution is -2.51. The van der Waals surface area contributed by atoms with Crippen molar-refractivity contribution < 1.29 is 12.8 Å². The molecule has 1 aromatic carbocycles. The molecule has 1 fully saturated rings. The van der Waals surface area contributed by atoms with Gasteiger partial charge < -0.3 is 5.73 Å². The summed E-state index contributed by atoms with van der Waals surface area (Å²) in [4.78, 5) is -0.313. The zero-order chi connectivity index (χ0) is 15.7. The highest BCUT2D eigenvalue weighted by atomic mass is 35.5. The van der Waals surface area contributed by atoms with Gasteiger partial charge in [-0.1, -0.05) is 42.5 Å². The molecule has 0 spiro atoms. The molecule has 0 heterocycles. The topological polar surface area (TPSA) is 72.2 Å². The summed E-state index contributed by atoms with van der Waals surface area (Å²) in [6, 6.07) is 1.83. The molecular weight excluding hydrogens is 374 g/mol. The van der Waals surface area contributed by atoms with Crippen molar-refractivity contribution in [2.75, 3.05) is 6.54 Å². The summed E-state index contributed by atoms with van der Waals surface area (Å²) in [6.07, 6.45) is 4.61. The van der Waals surface area contributed by atoms with E-state index >= 15 is 0 Å². The monoisotopic (exact) mass is 390 g/mol. The smallest absolute Gasteiger partial charge is 0.243 e. The average molecular weight is 392 g/mol. The third-order valence-electron chi connectivity index (χ3n) is 3.70. The molecule has 22 heavy (non-hydrogen) atoms. The molecule has 0 bridgehead atoms. The molecule has 1 aliphatic rings. The molecule has 3 N–H and O–H groups in total. The number of hydrogen-bond donors (Lipinski definition) is 2. The maximum Gasteiger partial charge on any atom is 0.243 e. The zero-order valence-corrected chi connectivity index (χ0v) is 14.9. The Balaban J connectivity index is 0.00000242. The minimum Gasteiger partial charge on any atom is -0.324 e. The summed E-state index contributed by atoms with van der Waals surface area (Å²) < 4.78 is 40.2. The number of rotatable bonds is 4. The molecule has 9 heteroatoms. The van der Waals surface area contributed by atoms with E-state index in [2.05, 4.69) is 4.72 Å². The van der Waals surface area contributed by atoms with E-state index in [0.717, 1.165) is 44.2 Å². The second kappa shape index (κ2) is 7.64. The fourth-order valence-corrected chi connectivity index (χ4v) is 4.85. The minimum absolute atomic E-state index is 0. The highest BCUT2D eigenvalue weighted by Gasteiger charge is 2.30. The van der Waals surface area contributed by atoms with Crippen LogP contribution in [0.25, 0.3) is 0 Å². The summed E-state index contributed by atoms with van der Waals surface area (Å²) in [5, 5.41) is -0.496. The van der Waals surface area contributed by atoms with Gasteiger partial charge in [0, 0.05) is 12.1 Å². The zero-order valence-electron chi connectivity index (χ0n) is 11.7. The maximum absolute atomic E-state index is 13.1. The van der Waals surface area contributed by atoms with Gasteiger partial charge in [-0.05, 0) is 25.0 Å². The van der Waals surface area contributed by atoms with Crippen molar-refractivity contribution in [2.45, 2.75) is 42.5 Å². The molecule has 1 aromatic rings. The SMILES string of the molecule is Cl.NC1(CNS(=O)(=O)c2c(Cl)cc(F)cc2Cl)CCCCC1. The Morgan fingerprint density at radius 2 is 1.68 bits per heavy atom. The van der Waals surface area contributed by atoms with E-state index in [0.29, 0.717) is 0 Å². The first-order valence-electron chi connectivity index (χ1n) is 6.67. The minimum atomic E-state index is -3.94. The molecule has 1 saturated carbocycles. The Hall–Kier alpha value is -0.110. The van der Waals surface area contributed by atoms with Gasteiger partial charge >= 0.3 is 0 Å². The molecule has 0 atom stereocenters. The van der Waals surface area contributed by atoms with Gasteiger partial charge in [0.15, 0.2) is 0 Å². The number of nitrogens with two attached hydrogens (primary N) is 1. The first-order valence-corrected chi connectivity index (χ1v) is 8.91. The molecule has 4 nitrogen and oxygen atoms in total. The molecule has 0 aliphatic heterocycles. The van der Waals surface area contributed by atoms with Crippen molar-refractivity contribution in [1.29, 1.82) is 0 Å². The van der Waals surface area contributed by atoms with Crippen molar-refractivity contribution in [2.24, 2.45) is 5.73 Å². The van der Waals surface area contributed by atoms with Crippen LogP contribution in [0, 0.1) is 5.82 Å². The fourth-order valence-electron chi connectivity index (χ4n) is 2.53. The Morgan fingerprint density at radius 1 is 1.18 bits per heavy atom. The number of hydrogen-bond acceptors (Lipinski definition) is 3. The van der Waals surface area contributed by atoms with Gasteiger partial charge in [0.25, 0.3) is 0 Å². The Morgan fingerprint density at radius 3 is 2.18 bits per heavy atom. The normalized spacial score (nSPS) is 17.8. The van der Waals surface area contributed by atoms with Crippen LogP contribution in [0.5, 0.6) is 0 Å². The Labute approximate surface area is 146 Å². The molecule has 0 amide bonds. The predicted molar refractivity (Wildman–Crippen MR) is 88.9 cm³/mol. The van der Waals surface area contributed by atoms with E-state index < -0.39 is 21.4 Å². The summed E-state index contributed by atoms with van der Waals surface area (Å²) in [7, 11) is -3.94. The first kappa shape index (κ1) is 19.9. The van der Waals surface area contributed by atoms with Crippen LogP contribution in [0.15, 0.2) is 17.0 Å². The van der Waals surface area contributed by atoms with Crippen LogP contribution in [-0.2, 0) is 10.0 Å². The average Bonchev–Trinajstić information content (AvgIpc) is 2.36. The van der Waals surface area contributed by atoms with Gasteiger partial charge in [-0.2, -0.15) is 0 Å². The van der Waals surface area contributed by atoms with Gasteiger partial charge in [-0.15, -0.1) is 12.4 Å². The number of sulfonamides is 1. The second-order valence-corrected chi connectivity index (χ2v) is 7.96. The Bertz CT molecular complexity index is 611. The summed E-state index contributed by atoms with van der Waals surface area (Å²) in [5.41, 5.74) is 5.64. The van der Waals surface area contributed by atoms with Crippen LogP contribution in [0.4, 0.5) is 4.39 Å². The third-order valence-corrected chi connectivity index (χ3v) is 6.02. The Kier molecular flexibility index (Phi) is 6.92. The van der Waals surface area contributed by atoms with Crippen molar-refractivity contribution in [3.05, 3.63) is 28.0 Å². The van der Waals surface area contributed by atoms with Crippen LogP contribution < -0.4 is 10.5 Å². The predicted octanol–water partition coefficient (Wildman–Crippen LogP) is 3.49. The molecule has 0 saturated heterocycles. The summed E-state index contributed by atoms with van der Waals surface area (Å²) in [5.74, 6) is -0.688. The molecule has 126 valence electrons. The van der Waals surface area contributed by atoms with Gasteiger partial charge in [0.2, 0.25) is 10.0 Å². The summed E-state index contributed by atoms with van der Waals surface area (Å²) in [6.45, 7) is 0.110. The maximum atomic E-state index is 13.1. The lowest BCUT2D eigenvalue weighted by Gasteiger charge is -2.33. The lowest BCUT2D eigenvalue weighted by molar-refractivity contribution is 0.296. The van der Waals surface area contributed by atoms with Crippen molar-refractivity contribution >= 4 is 45.6 Å². The quantitative estimate of drug-likeness (QED) is 0.825. The molecule has 1 aliphatic carbocycles. The van der Waals surface area contributed by atoms with E-state index in [9.17, 15) is 12.8 Å². The number of benzene rings is 1. The molecule has 0 unspecified atom stereocenters. The van der Waals surface area contributed by atoms with Crippen LogP contribution in [0.1, 0.15) is 32.1 Å². The largest absolute Gasteiger partial charge is 0.324 e. The highest BCUT2D eigenvalue weighted by Crippen LogP contribution is 2.31. The third kappa shape index (κ3) is 4.69.